The summed E-state index contributed by atoms with van der Waals surface area (Å²) in [7, 11) is 1.28. The second-order valence-corrected chi connectivity index (χ2v) is 3.61. The van der Waals surface area contributed by atoms with Crippen LogP contribution < -0.4 is 11.1 Å². The van der Waals surface area contributed by atoms with Crippen LogP contribution in [0.4, 0.5) is 14.6 Å². The van der Waals surface area contributed by atoms with Crippen molar-refractivity contribution in [3.05, 3.63) is 47.5 Å². The zero-order valence-corrected chi connectivity index (χ0v) is 10.2. The summed E-state index contributed by atoms with van der Waals surface area (Å²) >= 11 is 0. The molecule has 1 heterocycles. The van der Waals surface area contributed by atoms with Crippen LogP contribution in [0.2, 0.25) is 0 Å². The summed E-state index contributed by atoms with van der Waals surface area (Å²) in [6.45, 7) is 2.02. The Labute approximate surface area is 104 Å². The molecule has 0 saturated carbocycles. The molecule has 98 valence electrons. The SMILES string of the molecule is CO/C(N)=C(F)/C=C(\C)CNc1cccc(F)n1. The maximum atomic E-state index is 13.3. The fourth-order valence-electron chi connectivity index (χ4n) is 1.17. The molecule has 0 aromatic carbocycles. The van der Waals surface area contributed by atoms with E-state index >= 15 is 0 Å². The van der Waals surface area contributed by atoms with E-state index in [4.69, 9.17) is 5.73 Å². The Morgan fingerprint density at radius 1 is 1.56 bits per heavy atom. The van der Waals surface area contributed by atoms with Gasteiger partial charge >= 0.3 is 0 Å². The maximum absolute atomic E-state index is 13.3. The van der Waals surface area contributed by atoms with Crippen LogP contribution in [0.1, 0.15) is 6.92 Å². The smallest absolute Gasteiger partial charge is 0.220 e. The van der Waals surface area contributed by atoms with Gasteiger partial charge in [0.15, 0.2) is 5.83 Å². The largest absolute Gasteiger partial charge is 0.481 e. The minimum atomic E-state index is -0.649. The predicted molar refractivity (Wildman–Crippen MR) is 65.8 cm³/mol. The molecule has 0 bridgehead atoms. The Morgan fingerprint density at radius 2 is 2.28 bits per heavy atom. The second kappa shape index (κ2) is 6.58. The number of nitrogens with one attached hydrogen (secondary N) is 1. The number of nitrogens with zero attached hydrogens (tertiary/aromatic N) is 1. The number of pyridine rings is 1. The molecule has 0 spiro atoms. The Balaban J connectivity index is 2.61. The van der Waals surface area contributed by atoms with Crippen molar-refractivity contribution in [2.75, 3.05) is 19.0 Å². The Bertz CT molecular complexity index is 472. The Hall–Kier alpha value is -2.11. The third kappa shape index (κ3) is 4.40. The normalized spacial score (nSPS) is 13.0. The van der Waals surface area contributed by atoms with E-state index in [1.165, 1.54) is 25.3 Å². The van der Waals surface area contributed by atoms with Gasteiger partial charge in [0.05, 0.1) is 7.11 Å². The van der Waals surface area contributed by atoms with E-state index in [1.807, 2.05) is 0 Å². The average molecular weight is 255 g/mol. The summed E-state index contributed by atoms with van der Waals surface area (Å²) < 4.78 is 30.6. The lowest BCUT2D eigenvalue weighted by Crippen LogP contribution is -2.06. The van der Waals surface area contributed by atoms with Gasteiger partial charge in [-0.2, -0.15) is 4.39 Å². The summed E-state index contributed by atoms with van der Waals surface area (Å²) in [5, 5.41) is 2.86. The molecule has 6 heteroatoms. The minimum Gasteiger partial charge on any atom is -0.481 e. The number of anilines is 1. The van der Waals surface area contributed by atoms with Crippen LogP contribution in [-0.2, 0) is 4.74 Å². The fourth-order valence-corrected chi connectivity index (χ4v) is 1.17. The summed E-state index contributed by atoms with van der Waals surface area (Å²) in [5.74, 6) is -1.12. The number of rotatable bonds is 5. The van der Waals surface area contributed by atoms with Crippen LogP contribution in [0.5, 0.6) is 0 Å². The molecule has 4 nitrogen and oxygen atoms in total. The molecule has 0 radical (unpaired) electrons. The minimum absolute atomic E-state index is 0.279. The summed E-state index contributed by atoms with van der Waals surface area (Å²) in [6.07, 6.45) is 1.24. The van der Waals surface area contributed by atoms with Gasteiger partial charge in [-0.15, -0.1) is 0 Å². The molecular weight excluding hydrogens is 240 g/mol. The Kier molecular flexibility index (Phi) is 5.10. The van der Waals surface area contributed by atoms with E-state index in [2.05, 4.69) is 15.0 Å². The van der Waals surface area contributed by atoms with Crippen molar-refractivity contribution < 1.29 is 13.5 Å². The first-order chi connectivity index (χ1) is 8.52. The zero-order chi connectivity index (χ0) is 13.5. The molecule has 1 aromatic rings. The number of allylic oxidation sites excluding steroid dienone is 2. The van der Waals surface area contributed by atoms with Crippen molar-refractivity contribution in [1.82, 2.24) is 4.98 Å². The van der Waals surface area contributed by atoms with E-state index < -0.39 is 11.8 Å². The van der Waals surface area contributed by atoms with E-state index in [0.29, 0.717) is 17.9 Å². The van der Waals surface area contributed by atoms with Crippen LogP contribution in [0.3, 0.4) is 0 Å². The fraction of sp³-hybridized carbons (Fsp3) is 0.250. The van der Waals surface area contributed by atoms with Gasteiger partial charge in [0.2, 0.25) is 11.8 Å². The predicted octanol–water partition coefficient (Wildman–Crippen LogP) is 2.32. The molecule has 0 aliphatic heterocycles. The number of aromatic nitrogens is 1. The highest BCUT2D eigenvalue weighted by Gasteiger charge is 2.01. The summed E-state index contributed by atoms with van der Waals surface area (Å²) in [5.41, 5.74) is 5.91. The highest BCUT2D eigenvalue weighted by atomic mass is 19.1. The van der Waals surface area contributed by atoms with Crippen LogP contribution in [0.15, 0.2) is 41.6 Å². The summed E-state index contributed by atoms with van der Waals surface area (Å²) in [6, 6.07) is 4.40. The number of nitrogens with two attached hydrogens (primary N) is 1. The molecule has 1 aromatic heterocycles. The lowest BCUT2D eigenvalue weighted by molar-refractivity contribution is 0.273. The quantitative estimate of drug-likeness (QED) is 0.481. The molecule has 0 unspecified atom stereocenters. The summed E-state index contributed by atoms with van der Waals surface area (Å²) in [4.78, 5) is 3.62. The topological polar surface area (TPSA) is 60.2 Å². The van der Waals surface area contributed by atoms with Crippen molar-refractivity contribution in [2.24, 2.45) is 5.73 Å². The third-order valence-corrected chi connectivity index (χ3v) is 2.09. The number of halogens is 2. The van der Waals surface area contributed by atoms with Crippen LogP contribution >= 0.6 is 0 Å². The van der Waals surface area contributed by atoms with Crippen LogP contribution in [0.25, 0.3) is 0 Å². The van der Waals surface area contributed by atoms with Gasteiger partial charge in [0.1, 0.15) is 5.82 Å². The highest BCUT2D eigenvalue weighted by Crippen LogP contribution is 2.09. The van der Waals surface area contributed by atoms with E-state index in [9.17, 15) is 8.78 Å². The first-order valence-corrected chi connectivity index (χ1v) is 5.25. The van der Waals surface area contributed by atoms with Gasteiger partial charge in [-0.3, -0.25) is 0 Å². The maximum Gasteiger partial charge on any atom is 0.220 e. The highest BCUT2D eigenvalue weighted by molar-refractivity contribution is 5.36. The number of hydrogen-bond donors (Lipinski definition) is 2. The molecule has 0 saturated heterocycles. The lowest BCUT2D eigenvalue weighted by atomic mass is 10.2. The van der Waals surface area contributed by atoms with Crippen molar-refractivity contribution in [3.8, 4) is 0 Å². The molecule has 0 aliphatic carbocycles. The van der Waals surface area contributed by atoms with Crippen molar-refractivity contribution in [2.45, 2.75) is 6.92 Å². The molecule has 18 heavy (non-hydrogen) atoms. The molecule has 3 N–H and O–H groups in total. The number of hydrogen-bond acceptors (Lipinski definition) is 4. The first kappa shape index (κ1) is 14.0. The standard InChI is InChI=1S/C12H15F2N3O/c1-8(6-9(13)12(15)18-2)7-16-11-5-3-4-10(14)17-11/h3-6H,7,15H2,1-2H3,(H,16,17)/b8-6+,12-9-. The molecule has 0 fully saturated rings. The van der Waals surface area contributed by atoms with Crippen LogP contribution in [-0.4, -0.2) is 18.6 Å². The molecular formula is C12H15F2N3O. The third-order valence-electron chi connectivity index (χ3n) is 2.09. The van der Waals surface area contributed by atoms with E-state index in [-0.39, 0.29) is 5.88 Å². The van der Waals surface area contributed by atoms with E-state index in [1.54, 1.807) is 13.0 Å². The van der Waals surface area contributed by atoms with Gasteiger partial charge in [0.25, 0.3) is 0 Å². The van der Waals surface area contributed by atoms with Crippen LogP contribution in [0, 0.1) is 5.95 Å². The molecule has 0 amide bonds. The number of ether oxygens (including phenoxy) is 1. The van der Waals surface area contributed by atoms with Crippen molar-refractivity contribution >= 4 is 5.82 Å². The molecule has 0 aliphatic rings. The van der Waals surface area contributed by atoms with Gasteiger partial charge in [-0.1, -0.05) is 11.6 Å². The van der Waals surface area contributed by atoms with Gasteiger partial charge < -0.3 is 15.8 Å². The monoisotopic (exact) mass is 255 g/mol. The van der Waals surface area contributed by atoms with Gasteiger partial charge in [0, 0.05) is 6.54 Å². The molecule has 0 atom stereocenters. The van der Waals surface area contributed by atoms with Gasteiger partial charge in [-0.25, -0.2) is 9.37 Å². The molecule has 1 rings (SSSR count). The van der Waals surface area contributed by atoms with Gasteiger partial charge in [-0.05, 0) is 25.1 Å². The first-order valence-electron chi connectivity index (χ1n) is 5.25. The number of methoxy groups -OCH3 is 1. The second-order valence-electron chi connectivity index (χ2n) is 3.61. The zero-order valence-electron chi connectivity index (χ0n) is 10.2. The average Bonchev–Trinajstić information content (AvgIpc) is 2.35. The van der Waals surface area contributed by atoms with E-state index in [0.717, 1.165) is 0 Å². The van der Waals surface area contributed by atoms with Crippen molar-refractivity contribution in [1.29, 1.82) is 0 Å². The lowest BCUT2D eigenvalue weighted by Gasteiger charge is -2.06. The Morgan fingerprint density at radius 3 is 2.89 bits per heavy atom. The van der Waals surface area contributed by atoms with Crippen molar-refractivity contribution in [3.63, 3.8) is 0 Å².